The number of hydrogen-bond acceptors (Lipinski definition) is 5. The first kappa shape index (κ1) is 14.8. The molecule has 1 aliphatic heterocycles. The fourth-order valence-electron chi connectivity index (χ4n) is 3.13. The van der Waals surface area contributed by atoms with Gasteiger partial charge >= 0.3 is 0 Å². The topological polar surface area (TPSA) is 76.2 Å². The minimum absolute atomic E-state index is 0.0692. The van der Waals surface area contributed by atoms with E-state index in [2.05, 4.69) is 15.4 Å². The van der Waals surface area contributed by atoms with Crippen LogP contribution in [-0.2, 0) is 18.4 Å². The number of nitrogens with zero attached hydrogens (tertiary/aromatic N) is 4. The molecular formula is C15H21N5O2. The molecular weight excluding hydrogens is 282 g/mol. The molecule has 3 heterocycles. The van der Waals surface area contributed by atoms with Crippen LogP contribution in [0.5, 0.6) is 0 Å². The zero-order valence-electron chi connectivity index (χ0n) is 12.9. The summed E-state index contributed by atoms with van der Waals surface area (Å²) in [5.74, 6) is 0.556. The van der Waals surface area contributed by atoms with Gasteiger partial charge in [0.05, 0.1) is 17.9 Å². The maximum atomic E-state index is 12.0. The Hall–Kier alpha value is -2.15. The van der Waals surface area contributed by atoms with Gasteiger partial charge < -0.3 is 14.6 Å². The zero-order valence-corrected chi connectivity index (χ0v) is 12.9. The highest BCUT2D eigenvalue weighted by Gasteiger charge is 2.35. The number of oxazole rings is 1. The van der Waals surface area contributed by atoms with Gasteiger partial charge in [0, 0.05) is 45.4 Å². The number of nitrogens with one attached hydrogen (secondary N) is 1. The molecule has 0 saturated carbocycles. The maximum Gasteiger partial charge on any atom is 0.222 e. The van der Waals surface area contributed by atoms with Crippen LogP contribution >= 0.6 is 0 Å². The molecule has 3 rings (SSSR count). The monoisotopic (exact) mass is 303 g/mol. The quantitative estimate of drug-likeness (QED) is 0.895. The molecule has 7 nitrogen and oxygen atoms in total. The van der Waals surface area contributed by atoms with Crippen LogP contribution in [0.25, 0.3) is 0 Å². The first-order chi connectivity index (χ1) is 10.6. The van der Waals surface area contributed by atoms with Crippen molar-refractivity contribution in [1.82, 2.24) is 25.0 Å². The molecule has 2 aromatic heterocycles. The minimum atomic E-state index is 0.0692. The largest absolute Gasteiger partial charge is 0.451 e. The molecule has 1 saturated heterocycles. The first-order valence-corrected chi connectivity index (χ1v) is 7.47. The summed E-state index contributed by atoms with van der Waals surface area (Å²) in [6, 6.07) is 0.0692. The lowest BCUT2D eigenvalue weighted by molar-refractivity contribution is -0.137. The lowest BCUT2D eigenvalue weighted by Gasteiger charge is -2.38. The molecule has 0 unspecified atom stereocenters. The van der Waals surface area contributed by atoms with Crippen LogP contribution in [0.3, 0.4) is 0 Å². The number of likely N-dealkylation sites (tertiary alicyclic amines) is 1. The molecule has 1 amide bonds. The molecule has 1 N–H and O–H groups in total. The number of aryl methyl sites for hydroxylation is 1. The van der Waals surface area contributed by atoms with Crippen LogP contribution in [0, 0.1) is 5.92 Å². The van der Waals surface area contributed by atoms with E-state index in [-0.39, 0.29) is 11.9 Å². The van der Waals surface area contributed by atoms with Crippen LogP contribution in [-0.4, -0.2) is 39.2 Å². The second-order valence-corrected chi connectivity index (χ2v) is 5.81. The average Bonchev–Trinajstić information content (AvgIpc) is 3.15. The zero-order chi connectivity index (χ0) is 15.5. The Morgan fingerprint density at radius 3 is 3.00 bits per heavy atom. The van der Waals surface area contributed by atoms with Crippen LogP contribution < -0.4 is 5.32 Å². The first-order valence-electron chi connectivity index (χ1n) is 7.47. The van der Waals surface area contributed by atoms with Gasteiger partial charge in [-0.2, -0.15) is 5.10 Å². The Bertz CT molecular complexity index is 622. The van der Waals surface area contributed by atoms with Gasteiger partial charge in [0.25, 0.3) is 0 Å². The number of rotatable bonds is 5. The maximum absolute atomic E-state index is 12.0. The van der Waals surface area contributed by atoms with E-state index in [0.717, 1.165) is 24.2 Å². The summed E-state index contributed by atoms with van der Waals surface area (Å²) in [7, 11) is 3.77. The number of amides is 1. The van der Waals surface area contributed by atoms with E-state index in [1.54, 1.807) is 10.9 Å². The lowest BCUT2D eigenvalue weighted by Crippen LogP contribution is -2.43. The molecule has 2 aromatic rings. The second-order valence-electron chi connectivity index (χ2n) is 5.81. The fourth-order valence-corrected chi connectivity index (χ4v) is 3.13. The van der Waals surface area contributed by atoms with Gasteiger partial charge in [-0.3, -0.25) is 9.48 Å². The molecule has 1 fully saturated rings. The Kier molecular flexibility index (Phi) is 4.24. The van der Waals surface area contributed by atoms with E-state index in [9.17, 15) is 4.79 Å². The molecule has 1 aliphatic rings. The molecule has 0 aliphatic carbocycles. The summed E-state index contributed by atoms with van der Waals surface area (Å²) in [5.41, 5.74) is 1.98. The van der Waals surface area contributed by atoms with E-state index in [0.29, 0.717) is 18.9 Å². The average molecular weight is 303 g/mol. The van der Waals surface area contributed by atoms with E-state index < -0.39 is 0 Å². The highest BCUT2D eigenvalue weighted by Crippen LogP contribution is 2.35. The van der Waals surface area contributed by atoms with Crippen LogP contribution in [0.1, 0.15) is 30.1 Å². The number of piperidine rings is 1. The third kappa shape index (κ3) is 3.04. The van der Waals surface area contributed by atoms with Crippen molar-refractivity contribution in [2.75, 3.05) is 13.6 Å². The van der Waals surface area contributed by atoms with Gasteiger partial charge in [-0.15, -0.1) is 0 Å². The summed E-state index contributed by atoms with van der Waals surface area (Å²) in [5, 5.41) is 7.65. The van der Waals surface area contributed by atoms with Gasteiger partial charge in [-0.25, -0.2) is 4.98 Å². The Morgan fingerprint density at radius 2 is 2.32 bits per heavy atom. The van der Waals surface area contributed by atoms with E-state index in [1.807, 2.05) is 31.4 Å². The van der Waals surface area contributed by atoms with Crippen molar-refractivity contribution in [1.29, 1.82) is 0 Å². The van der Waals surface area contributed by atoms with Crippen LogP contribution in [0.4, 0.5) is 0 Å². The van der Waals surface area contributed by atoms with E-state index >= 15 is 0 Å². The number of carbonyl (C=O) groups is 1. The summed E-state index contributed by atoms with van der Waals surface area (Å²) in [6.07, 6.45) is 8.40. The van der Waals surface area contributed by atoms with Gasteiger partial charge in [0.1, 0.15) is 6.26 Å². The van der Waals surface area contributed by atoms with Gasteiger partial charge in [-0.05, 0) is 12.3 Å². The summed E-state index contributed by atoms with van der Waals surface area (Å²) >= 11 is 0. The van der Waals surface area contributed by atoms with Crippen LogP contribution in [0.15, 0.2) is 29.5 Å². The molecule has 2 atom stereocenters. The minimum Gasteiger partial charge on any atom is -0.451 e. The molecule has 0 aromatic carbocycles. The van der Waals surface area contributed by atoms with Crippen molar-refractivity contribution >= 4 is 5.91 Å². The van der Waals surface area contributed by atoms with Crippen molar-refractivity contribution in [2.45, 2.75) is 25.4 Å². The molecule has 22 heavy (non-hydrogen) atoms. The summed E-state index contributed by atoms with van der Waals surface area (Å²) in [6.45, 7) is 1.49. The smallest absolute Gasteiger partial charge is 0.222 e. The molecule has 0 spiro atoms. The summed E-state index contributed by atoms with van der Waals surface area (Å²) in [4.78, 5) is 18.0. The van der Waals surface area contributed by atoms with Crippen molar-refractivity contribution in [2.24, 2.45) is 13.0 Å². The molecule has 7 heteroatoms. The summed E-state index contributed by atoms with van der Waals surface area (Å²) < 4.78 is 6.75. The van der Waals surface area contributed by atoms with Crippen LogP contribution in [0.2, 0.25) is 0 Å². The normalized spacial score (nSPS) is 22.3. The van der Waals surface area contributed by atoms with Crippen molar-refractivity contribution in [3.05, 3.63) is 36.3 Å². The highest BCUT2D eigenvalue weighted by molar-refractivity contribution is 5.77. The van der Waals surface area contributed by atoms with E-state index in [4.69, 9.17) is 4.42 Å². The standard InChI is InChI=1S/C15H21N5O2/c1-19-8-12(6-18-19)15-11(3-4-14(21)20(15)2)5-16-7-13-9-22-10-17-13/h6,8-11,15-16H,3-5,7H2,1-2H3/t11-,15+/m1/s1. The Balaban J connectivity index is 1.68. The fraction of sp³-hybridized carbons (Fsp3) is 0.533. The molecule has 0 bridgehead atoms. The van der Waals surface area contributed by atoms with E-state index in [1.165, 1.54) is 6.39 Å². The lowest BCUT2D eigenvalue weighted by atomic mass is 9.85. The predicted octanol–water partition coefficient (Wildman–Crippen LogP) is 1.11. The molecule has 0 radical (unpaired) electrons. The highest BCUT2D eigenvalue weighted by atomic mass is 16.3. The number of hydrogen-bond donors (Lipinski definition) is 1. The van der Waals surface area contributed by atoms with Gasteiger partial charge in [-0.1, -0.05) is 0 Å². The van der Waals surface area contributed by atoms with Crippen molar-refractivity contribution < 1.29 is 9.21 Å². The Morgan fingerprint density at radius 1 is 1.45 bits per heavy atom. The van der Waals surface area contributed by atoms with Crippen molar-refractivity contribution in [3.63, 3.8) is 0 Å². The third-order valence-electron chi connectivity index (χ3n) is 4.25. The van der Waals surface area contributed by atoms with Crippen molar-refractivity contribution in [3.8, 4) is 0 Å². The predicted molar refractivity (Wildman–Crippen MR) is 79.7 cm³/mol. The Labute approximate surface area is 129 Å². The number of carbonyl (C=O) groups excluding carboxylic acids is 1. The SMILES string of the molecule is CN1C(=O)CC[C@H](CNCc2cocn2)[C@H]1c1cnn(C)c1. The van der Waals surface area contributed by atoms with Gasteiger partial charge in [0.15, 0.2) is 6.39 Å². The third-order valence-corrected chi connectivity index (χ3v) is 4.25. The molecule has 118 valence electrons. The number of aromatic nitrogens is 3. The van der Waals surface area contributed by atoms with Gasteiger partial charge in [0.2, 0.25) is 5.91 Å². The second kappa shape index (κ2) is 6.31.